The molecule has 3 N–H and O–H groups in total. The molecule has 0 heterocycles. The zero-order valence-corrected chi connectivity index (χ0v) is 12.0. The van der Waals surface area contributed by atoms with E-state index in [0.717, 1.165) is 16.3 Å². The molecule has 3 heteroatoms. The molecular formula is C16H19ClN2. The smallest absolute Gasteiger partial charge is 0.0636 e. The minimum atomic E-state index is 0.0952. The Bertz CT molecular complexity index is 549. The second-order valence-electron chi connectivity index (χ2n) is 4.76. The molecule has 0 radical (unpaired) electrons. The number of anilines is 1. The molecule has 0 aliphatic heterocycles. The van der Waals surface area contributed by atoms with Crippen LogP contribution >= 0.6 is 11.6 Å². The maximum atomic E-state index is 6.14. The first-order valence-corrected chi connectivity index (χ1v) is 6.78. The van der Waals surface area contributed by atoms with Crippen LogP contribution in [0.2, 0.25) is 5.02 Å². The first-order valence-electron chi connectivity index (χ1n) is 6.40. The van der Waals surface area contributed by atoms with Gasteiger partial charge >= 0.3 is 0 Å². The minimum absolute atomic E-state index is 0.0952. The lowest BCUT2D eigenvalue weighted by atomic mass is 10.0. The van der Waals surface area contributed by atoms with E-state index in [1.807, 2.05) is 25.1 Å². The Balaban J connectivity index is 2.24. The first-order chi connectivity index (χ1) is 9.11. The van der Waals surface area contributed by atoms with Gasteiger partial charge in [-0.05, 0) is 37.1 Å². The molecular weight excluding hydrogens is 256 g/mol. The van der Waals surface area contributed by atoms with Crippen molar-refractivity contribution in [2.45, 2.75) is 19.9 Å². The van der Waals surface area contributed by atoms with E-state index in [4.69, 9.17) is 17.3 Å². The van der Waals surface area contributed by atoms with Gasteiger partial charge in [0.05, 0.1) is 6.04 Å². The number of benzene rings is 2. The van der Waals surface area contributed by atoms with E-state index < -0.39 is 0 Å². The molecule has 100 valence electrons. The van der Waals surface area contributed by atoms with Crippen LogP contribution in [0.15, 0.2) is 42.5 Å². The van der Waals surface area contributed by atoms with Crippen LogP contribution < -0.4 is 11.1 Å². The van der Waals surface area contributed by atoms with Crippen LogP contribution in [-0.4, -0.2) is 6.54 Å². The Morgan fingerprint density at radius 1 is 1.11 bits per heavy atom. The second kappa shape index (κ2) is 6.09. The van der Waals surface area contributed by atoms with Gasteiger partial charge in [0, 0.05) is 17.3 Å². The van der Waals surface area contributed by atoms with Crippen LogP contribution in [-0.2, 0) is 0 Å². The average molecular weight is 275 g/mol. The van der Waals surface area contributed by atoms with Crippen LogP contribution in [0.25, 0.3) is 0 Å². The van der Waals surface area contributed by atoms with Crippen molar-refractivity contribution in [1.29, 1.82) is 0 Å². The quantitative estimate of drug-likeness (QED) is 0.882. The summed E-state index contributed by atoms with van der Waals surface area (Å²) in [6.07, 6.45) is 0. The SMILES string of the molecule is Cc1ccc(C(CN)Nc2cccc(Cl)c2C)cc1. The molecule has 1 atom stereocenters. The van der Waals surface area contributed by atoms with Crippen molar-refractivity contribution >= 4 is 17.3 Å². The second-order valence-corrected chi connectivity index (χ2v) is 5.16. The van der Waals surface area contributed by atoms with Crippen molar-refractivity contribution in [1.82, 2.24) is 0 Å². The fourth-order valence-electron chi connectivity index (χ4n) is 2.03. The summed E-state index contributed by atoms with van der Waals surface area (Å²) in [4.78, 5) is 0. The largest absolute Gasteiger partial charge is 0.377 e. The van der Waals surface area contributed by atoms with Crippen LogP contribution in [0, 0.1) is 13.8 Å². The Labute approximate surface area is 119 Å². The van der Waals surface area contributed by atoms with Crippen molar-refractivity contribution in [2.24, 2.45) is 5.73 Å². The molecule has 0 aliphatic carbocycles. The number of hydrogen-bond donors (Lipinski definition) is 2. The van der Waals surface area contributed by atoms with Crippen molar-refractivity contribution < 1.29 is 0 Å². The molecule has 1 unspecified atom stereocenters. The monoisotopic (exact) mass is 274 g/mol. The predicted octanol–water partition coefficient (Wildman–Crippen LogP) is 4.07. The van der Waals surface area contributed by atoms with Crippen LogP contribution in [0.3, 0.4) is 0 Å². The van der Waals surface area contributed by atoms with Crippen LogP contribution in [0.4, 0.5) is 5.69 Å². The third-order valence-electron chi connectivity index (χ3n) is 3.31. The predicted molar refractivity (Wildman–Crippen MR) is 82.8 cm³/mol. The van der Waals surface area contributed by atoms with Gasteiger partial charge in [-0.1, -0.05) is 47.5 Å². The van der Waals surface area contributed by atoms with E-state index >= 15 is 0 Å². The van der Waals surface area contributed by atoms with Gasteiger partial charge < -0.3 is 11.1 Å². The number of aryl methyl sites for hydroxylation is 1. The van der Waals surface area contributed by atoms with Gasteiger partial charge in [-0.2, -0.15) is 0 Å². The molecule has 0 saturated carbocycles. The van der Waals surface area contributed by atoms with Crippen molar-refractivity contribution in [2.75, 3.05) is 11.9 Å². The maximum absolute atomic E-state index is 6.14. The Hall–Kier alpha value is -1.51. The van der Waals surface area contributed by atoms with E-state index in [2.05, 4.69) is 36.5 Å². The molecule has 2 aromatic carbocycles. The van der Waals surface area contributed by atoms with E-state index in [1.54, 1.807) is 0 Å². The number of nitrogens with one attached hydrogen (secondary N) is 1. The van der Waals surface area contributed by atoms with Crippen molar-refractivity contribution in [3.05, 3.63) is 64.2 Å². The van der Waals surface area contributed by atoms with Gasteiger partial charge in [0.25, 0.3) is 0 Å². The summed E-state index contributed by atoms with van der Waals surface area (Å²) in [7, 11) is 0. The third-order valence-corrected chi connectivity index (χ3v) is 3.72. The molecule has 0 spiro atoms. The number of nitrogens with two attached hydrogens (primary N) is 1. The molecule has 0 amide bonds. The van der Waals surface area contributed by atoms with E-state index in [1.165, 1.54) is 11.1 Å². The zero-order valence-electron chi connectivity index (χ0n) is 11.3. The summed E-state index contributed by atoms with van der Waals surface area (Å²) in [6.45, 7) is 4.62. The fraction of sp³-hybridized carbons (Fsp3) is 0.250. The van der Waals surface area contributed by atoms with Gasteiger partial charge in [0.15, 0.2) is 0 Å². The highest BCUT2D eigenvalue weighted by Crippen LogP contribution is 2.26. The van der Waals surface area contributed by atoms with E-state index in [9.17, 15) is 0 Å². The molecule has 0 bridgehead atoms. The van der Waals surface area contributed by atoms with Gasteiger partial charge in [0.1, 0.15) is 0 Å². The maximum Gasteiger partial charge on any atom is 0.0636 e. The summed E-state index contributed by atoms with van der Waals surface area (Å²) in [5.74, 6) is 0. The summed E-state index contributed by atoms with van der Waals surface area (Å²) < 4.78 is 0. The molecule has 19 heavy (non-hydrogen) atoms. The highest BCUT2D eigenvalue weighted by atomic mass is 35.5. The summed E-state index contributed by atoms with van der Waals surface area (Å²) in [5, 5.41) is 4.23. The number of hydrogen-bond acceptors (Lipinski definition) is 2. The molecule has 0 aliphatic rings. The summed E-state index contributed by atoms with van der Waals surface area (Å²) in [6, 6.07) is 14.4. The van der Waals surface area contributed by atoms with Crippen molar-refractivity contribution in [3.63, 3.8) is 0 Å². The summed E-state index contributed by atoms with van der Waals surface area (Å²) in [5.41, 5.74) is 10.4. The molecule has 0 aromatic heterocycles. The molecule has 0 saturated heterocycles. The van der Waals surface area contributed by atoms with Gasteiger partial charge in [0.2, 0.25) is 0 Å². The van der Waals surface area contributed by atoms with Gasteiger partial charge in [-0.15, -0.1) is 0 Å². The van der Waals surface area contributed by atoms with E-state index in [0.29, 0.717) is 6.54 Å². The van der Waals surface area contributed by atoms with E-state index in [-0.39, 0.29) is 6.04 Å². The lowest BCUT2D eigenvalue weighted by molar-refractivity contribution is 0.788. The Morgan fingerprint density at radius 3 is 2.42 bits per heavy atom. The van der Waals surface area contributed by atoms with Crippen molar-refractivity contribution in [3.8, 4) is 0 Å². The number of rotatable bonds is 4. The molecule has 2 rings (SSSR count). The first kappa shape index (κ1) is 13.9. The average Bonchev–Trinajstić information content (AvgIpc) is 2.42. The fourth-order valence-corrected chi connectivity index (χ4v) is 2.20. The highest BCUT2D eigenvalue weighted by molar-refractivity contribution is 6.31. The normalized spacial score (nSPS) is 12.2. The topological polar surface area (TPSA) is 38.0 Å². The minimum Gasteiger partial charge on any atom is -0.377 e. The Kier molecular flexibility index (Phi) is 4.46. The van der Waals surface area contributed by atoms with Crippen LogP contribution in [0.1, 0.15) is 22.7 Å². The number of halogens is 1. The molecule has 0 fully saturated rings. The molecule has 2 nitrogen and oxygen atoms in total. The lowest BCUT2D eigenvalue weighted by Crippen LogP contribution is -2.21. The zero-order chi connectivity index (χ0) is 13.8. The summed E-state index contributed by atoms with van der Waals surface area (Å²) >= 11 is 6.14. The highest BCUT2D eigenvalue weighted by Gasteiger charge is 2.11. The third kappa shape index (κ3) is 3.28. The lowest BCUT2D eigenvalue weighted by Gasteiger charge is -2.20. The standard InChI is InChI=1S/C16H19ClN2/c1-11-6-8-13(9-7-11)16(10-18)19-15-5-3-4-14(17)12(15)2/h3-9,16,19H,10,18H2,1-2H3. The molecule has 2 aromatic rings. The Morgan fingerprint density at radius 2 is 1.79 bits per heavy atom. The van der Waals surface area contributed by atoms with Crippen LogP contribution in [0.5, 0.6) is 0 Å². The van der Waals surface area contributed by atoms with Gasteiger partial charge in [-0.25, -0.2) is 0 Å². The van der Waals surface area contributed by atoms with Gasteiger partial charge in [-0.3, -0.25) is 0 Å².